The highest BCUT2D eigenvalue weighted by molar-refractivity contribution is 7.07. The lowest BCUT2D eigenvalue weighted by molar-refractivity contribution is 0.0940. The van der Waals surface area contributed by atoms with E-state index in [9.17, 15) is 9.59 Å². The number of nitrogens with zero attached hydrogens (tertiary/aromatic N) is 1. The SMILES string of the molecule is CN(C)[C@H](CNC(=O)c1ccc[nH]c1=O)c1ccsc1. The van der Waals surface area contributed by atoms with E-state index < -0.39 is 0 Å². The maximum absolute atomic E-state index is 12.0. The summed E-state index contributed by atoms with van der Waals surface area (Å²) >= 11 is 1.62. The van der Waals surface area contributed by atoms with Gasteiger partial charge in [-0.1, -0.05) is 0 Å². The van der Waals surface area contributed by atoms with E-state index in [-0.39, 0.29) is 23.1 Å². The first-order valence-electron chi connectivity index (χ1n) is 6.24. The quantitative estimate of drug-likeness (QED) is 0.877. The lowest BCUT2D eigenvalue weighted by Crippen LogP contribution is -2.36. The Morgan fingerprint density at radius 3 is 2.85 bits per heavy atom. The summed E-state index contributed by atoms with van der Waals surface area (Å²) in [5.74, 6) is -0.353. The second-order valence-electron chi connectivity index (χ2n) is 4.66. The number of carbonyl (C=O) groups excluding carboxylic acids is 1. The molecule has 6 heteroatoms. The fourth-order valence-corrected chi connectivity index (χ4v) is 2.66. The first-order valence-corrected chi connectivity index (χ1v) is 7.18. The number of nitrogens with one attached hydrogen (secondary N) is 2. The molecule has 0 saturated heterocycles. The van der Waals surface area contributed by atoms with E-state index in [0.29, 0.717) is 6.54 Å². The molecule has 2 heterocycles. The summed E-state index contributed by atoms with van der Waals surface area (Å²) in [7, 11) is 3.92. The normalized spacial score (nSPS) is 12.3. The van der Waals surface area contributed by atoms with Crippen LogP contribution in [-0.2, 0) is 0 Å². The Morgan fingerprint density at radius 2 is 2.25 bits per heavy atom. The molecule has 1 amide bonds. The monoisotopic (exact) mass is 291 g/mol. The summed E-state index contributed by atoms with van der Waals surface area (Å²) in [6.07, 6.45) is 1.51. The standard InChI is InChI=1S/C14H17N3O2S/c1-17(2)12(10-5-7-20-9-10)8-16-14(19)11-4-3-6-15-13(11)18/h3-7,9,12H,8H2,1-2H3,(H,15,18)(H,16,19)/t12-/m1/s1. The Hall–Kier alpha value is -1.92. The zero-order chi connectivity index (χ0) is 14.5. The molecule has 0 saturated carbocycles. The van der Waals surface area contributed by atoms with Gasteiger partial charge in [0.15, 0.2) is 0 Å². The van der Waals surface area contributed by atoms with Crippen molar-refractivity contribution >= 4 is 17.2 Å². The zero-order valence-electron chi connectivity index (χ0n) is 11.4. The molecule has 0 spiro atoms. The second kappa shape index (κ2) is 6.49. The predicted octanol–water partition coefficient (Wildman–Crippen LogP) is 1.47. The third kappa shape index (κ3) is 3.34. The molecule has 5 nitrogen and oxygen atoms in total. The van der Waals surface area contributed by atoms with Crippen LogP contribution >= 0.6 is 11.3 Å². The molecule has 0 aliphatic rings. The van der Waals surface area contributed by atoms with Gasteiger partial charge in [0.25, 0.3) is 11.5 Å². The average Bonchev–Trinajstić information content (AvgIpc) is 2.92. The molecule has 2 aromatic heterocycles. The Kier molecular flexibility index (Phi) is 4.70. The van der Waals surface area contributed by atoms with Crippen molar-refractivity contribution in [2.75, 3.05) is 20.6 Å². The number of thiophene rings is 1. The number of pyridine rings is 1. The molecule has 0 radical (unpaired) electrons. The summed E-state index contributed by atoms with van der Waals surface area (Å²) < 4.78 is 0. The molecule has 0 aliphatic carbocycles. The minimum absolute atomic E-state index is 0.0907. The topological polar surface area (TPSA) is 65.2 Å². The first-order chi connectivity index (χ1) is 9.59. The summed E-state index contributed by atoms with van der Waals surface area (Å²) in [5.41, 5.74) is 0.916. The van der Waals surface area contributed by atoms with Crippen LogP contribution in [0.15, 0.2) is 40.0 Å². The number of aromatic nitrogens is 1. The molecule has 0 bridgehead atoms. The minimum Gasteiger partial charge on any atom is -0.350 e. The molecule has 0 aromatic carbocycles. The van der Waals surface area contributed by atoms with Crippen molar-refractivity contribution < 1.29 is 4.79 Å². The fourth-order valence-electron chi connectivity index (χ4n) is 1.95. The van der Waals surface area contributed by atoms with Gasteiger partial charge >= 0.3 is 0 Å². The zero-order valence-corrected chi connectivity index (χ0v) is 12.2. The number of likely N-dealkylation sites (N-methyl/N-ethyl adjacent to an activating group) is 1. The van der Waals surface area contributed by atoms with Gasteiger partial charge in [0.1, 0.15) is 5.56 Å². The summed E-state index contributed by atoms with van der Waals surface area (Å²) in [4.78, 5) is 28.1. The third-order valence-corrected chi connectivity index (χ3v) is 3.77. The van der Waals surface area contributed by atoms with Crippen LogP contribution in [0.2, 0.25) is 0 Å². The van der Waals surface area contributed by atoms with Gasteiger partial charge in [-0.15, -0.1) is 0 Å². The summed E-state index contributed by atoms with van der Waals surface area (Å²) in [6, 6.07) is 5.28. The van der Waals surface area contributed by atoms with E-state index >= 15 is 0 Å². The first kappa shape index (κ1) is 14.5. The van der Waals surface area contributed by atoms with E-state index in [1.165, 1.54) is 12.3 Å². The van der Waals surface area contributed by atoms with Crippen LogP contribution < -0.4 is 10.9 Å². The highest BCUT2D eigenvalue weighted by Gasteiger charge is 2.17. The fraction of sp³-hybridized carbons (Fsp3) is 0.286. The van der Waals surface area contributed by atoms with Crippen molar-refractivity contribution in [1.29, 1.82) is 0 Å². The highest BCUT2D eigenvalue weighted by atomic mass is 32.1. The molecule has 0 unspecified atom stereocenters. The number of H-pyrrole nitrogens is 1. The van der Waals surface area contributed by atoms with Crippen LogP contribution in [0.1, 0.15) is 22.0 Å². The molecule has 2 rings (SSSR count). The van der Waals surface area contributed by atoms with Gasteiger partial charge in [0.05, 0.1) is 6.04 Å². The summed E-state index contributed by atoms with van der Waals surface area (Å²) in [6.45, 7) is 0.455. The number of carbonyl (C=O) groups is 1. The van der Waals surface area contributed by atoms with Crippen molar-refractivity contribution in [2.24, 2.45) is 0 Å². The van der Waals surface area contributed by atoms with Gasteiger partial charge < -0.3 is 15.2 Å². The average molecular weight is 291 g/mol. The smallest absolute Gasteiger partial charge is 0.260 e. The number of hydrogen-bond donors (Lipinski definition) is 2. The predicted molar refractivity (Wildman–Crippen MR) is 80.1 cm³/mol. The van der Waals surface area contributed by atoms with Crippen molar-refractivity contribution in [3.05, 3.63) is 56.6 Å². The molecule has 2 N–H and O–H groups in total. The number of aromatic amines is 1. The van der Waals surface area contributed by atoms with Gasteiger partial charge in [-0.2, -0.15) is 11.3 Å². The Labute approximate surface area is 121 Å². The van der Waals surface area contributed by atoms with E-state index in [2.05, 4.69) is 15.7 Å². The van der Waals surface area contributed by atoms with E-state index in [0.717, 1.165) is 5.56 Å². The lowest BCUT2D eigenvalue weighted by atomic mass is 10.1. The maximum Gasteiger partial charge on any atom is 0.260 e. The van der Waals surface area contributed by atoms with Crippen molar-refractivity contribution in [3.63, 3.8) is 0 Å². The number of hydrogen-bond acceptors (Lipinski definition) is 4. The second-order valence-corrected chi connectivity index (χ2v) is 5.44. The van der Waals surface area contributed by atoms with Crippen LogP contribution in [0.5, 0.6) is 0 Å². The van der Waals surface area contributed by atoms with Crippen molar-refractivity contribution in [1.82, 2.24) is 15.2 Å². The molecule has 0 fully saturated rings. The lowest BCUT2D eigenvalue weighted by Gasteiger charge is -2.23. The van der Waals surface area contributed by atoms with Gasteiger partial charge in [0, 0.05) is 12.7 Å². The van der Waals surface area contributed by atoms with E-state index in [4.69, 9.17) is 0 Å². The van der Waals surface area contributed by atoms with E-state index in [1.807, 2.05) is 30.4 Å². The highest BCUT2D eigenvalue weighted by Crippen LogP contribution is 2.19. The van der Waals surface area contributed by atoms with Gasteiger partial charge in [-0.05, 0) is 48.6 Å². The molecular formula is C14H17N3O2S. The molecule has 20 heavy (non-hydrogen) atoms. The minimum atomic E-state index is -0.373. The number of rotatable bonds is 5. The largest absolute Gasteiger partial charge is 0.350 e. The van der Waals surface area contributed by atoms with Crippen LogP contribution in [0.4, 0.5) is 0 Å². The molecule has 1 atom stereocenters. The number of amides is 1. The maximum atomic E-state index is 12.0. The molecule has 0 aliphatic heterocycles. The van der Waals surface area contributed by atoms with Crippen molar-refractivity contribution in [3.8, 4) is 0 Å². The van der Waals surface area contributed by atoms with Crippen LogP contribution in [0.25, 0.3) is 0 Å². The van der Waals surface area contributed by atoms with Crippen LogP contribution in [0.3, 0.4) is 0 Å². The van der Waals surface area contributed by atoms with Gasteiger partial charge in [-0.25, -0.2) is 0 Å². The molecule has 106 valence electrons. The van der Waals surface area contributed by atoms with Gasteiger partial charge in [0.2, 0.25) is 0 Å². The van der Waals surface area contributed by atoms with Crippen molar-refractivity contribution in [2.45, 2.75) is 6.04 Å². The van der Waals surface area contributed by atoms with E-state index in [1.54, 1.807) is 17.4 Å². The third-order valence-electron chi connectivity index (χ3n) is 3.07. The van der Waals surface area contributed by atoms with Crippen LogP contribution in [-0.4, -0.2) is 36.4 Å². The molecule has 2 aromatic rings. The summed E-state index contributed by atoms with van der Waals surface area (Å²) in [5, 5.41) is 6.88. The Balaban J connectivity index is 2.05. The Bertz CT molecular complexity index is 619. The Morgan fingerprint density at radius 1 is 1.45 bits per heavy atom. The molecular weight excluding hydrogens is 274 g/mol. The van der Waals surface area contributed by atoms with Gasteiger partial charge in [-0.3, -0.25) is 9.59 Å². The van der Waals surface area contributed by atoms with Crippen LogP contribution in [0, 0.1) is 0 Å².